The van der Waals surface area contributed by atoms with Crippen LogP contribution in [0, 0.1) is 5.41 Å². The predicted octanol–water partition coefficient (Wildman–Crippen LogP) is 1.63. The largest absolute Gasteiger partial charge is 0.327 e. The number of thiazole rings is 1. The van der Waals surface area contributed by atoms with Crippen LogP contribution in [-0.2, 0) is 17.6 Å². The molecular formula is C15H24N4OS. The molecule has 21 heavy (non-hydrogen) atoms. The molecule has 1 fully saturated rings. The van der Waals surface area contributed by atoms with E-state index in [9.17, 15) is 4.79 Å². The number of likely N-dealkylation sites (tertiary alicyclic amines) is 1. The van der Waals surface area contributed by atoms with Crippen LogP contribution in [0.5, 0.6) is 0 Å². The average Bonchev–Trinajstić information content (AvgIpc) is 2.94. The number of hydrogen-bond acceptors (Lipinski definition) is 5. The van der Waals surface area contributed by atoms with Gasteiger partial charge in [0, 0.05) is 24.0 Å². The molecule has 1 saturated heterocycles. The predicted molar refractivity (Wildman–Crippen MR) is 85.6 cm³/mol. The zero-order chi connectivity index (χ0) is 15.0. The van der Waals surface area contributed by atoms with E-state index in [1.165, 1.54) is 17.0 Å². The zero-order valence-corrected chi connectivity index (χ0v) is 13.6. The smallest absolute Gasteiger partial charge is 0.240 e. The average molecular weight is 308 g/mol. The molecule has 1 aromatic rings. The van der Waals surface area contributed by atoms with Gasteiger partial charge in [-0.25, -0.2) is 4.98 Å². The van der Waals surface area contributed by atoms with Crippen molar-refractivity contribution in [2.45, 2.75) is 45.6 Å². The molecule has 1 amide bonds. The van der Waals surface area contributed by atoms with Crippen LogP contribution in [0.1, 0.15) is 37.3 Å². The molecule has 0 bridgehead atoms. The van der Waals surface area contributed by atoms with Crippen molar-refractivity contribution in [3.05, 3.63) is 10.6 Å². The van der Waals surface area contributed by atoms with Gasteiger partial charge in [0.25, 0.3) is 0 Å². The lowest BCUT2D eigenvalue weighted by molar-refractivity contribution is -0.118. The molecule has 2 aliphatic rings. The third-order valence-corrected chi connectivity index (χ3v) is 5.67. The monoisotopic (exact) mass is 308 g/mol. The molecule has 0 radical (unpaired) electrons. The first kappa shape index (κ1) is 14.9. The summed E-state index contributed by atoms with van der Waals surface area (Å²) in [6.07, 6.45) is 4.32. The maximum Gasteiger partial charge on any atom is 0.240 e. The fourth-order valence-electron chi connectivity index (χ4n) is 3.23. The minimum Gasteiger partial charge on any atom is -0.327 e. The number of hydrogen-bond donors (Lipinski definition) is 2. The Bertz CT molecular complexity index is 518. The Balaban J connectivity index is 1.54. The van der Waals surface area contributed by atoms with Crippen molar-refractivity contribution < 1.29 is 4.79 Å². The summed E-state index contributed by atoms with van der Waals surface area (Å²) in [6, 6.07) is 0.221. The van der Waals surface area contributed by atoms with E-state index in [1.54, 1.807) is 11.3 Å². The highest BCUT2D eigenvalue weighted by atomic mass is 32.1. The third-order valence-electron chi connectivity index (χ3n) is 4.60. The van der Waals surface area contributed by atoms with Crippen LogP contribution in [0.15, 0.2) is 0 Å². The molecule has 3 N–H and O–H groups in total. The number of piperidine rings is 1. The van der Waals surface area contributed by atoms with Crippen LogP contribution in [0.3, 0.4) is 0 Å². The standard InChI is InChI=1S/C15H24N4OS/c1-15(2)9-19(7-6-12(15)16)8-13(20)18-14-17-10-4-3-5-11(10)21-14/h12H,3-9,16H2,1-2H3,(H,17,18,20). The highest BCUT2D eigenvalue weighted by Gasteiger charge is 2.34. The summed E-state index contributed by atoms with van der Waals surface area (Å²) < 4.78 is 0. The number of nitrogens with one attached hydrogen (secondary N) is 1. The van der Waals surface area contributed by atoms with Crippen molar-refractivity contribution in [1.82, 2.24) is 9.88 Å². The van der Waals surface area contributed by atoms with E-state index in [1.807, 2.05) is 0 Å². The van der Waals surface area contributed by atoms with Gasteiger partial charge in [0.2, 0.25) is 5.91 Å². The lowest BCUT2D eigenvalue weighted by Crippen LogP contribution is -2.53. The molecule has 0 aromatic carbocycles. The minimum atomic E-state index is 0.0358. The molecule has 1 aliphatic carbocycles. The lowest BCUT2D eigenvalue weighted by atomic mass is 9.80. The van der Waals surface area contributed by atoms with Gasteiger partial charge in [-0.1, -0.05) is 13.8 Å². The van der Waals surface area contributed by atoms with E-state index in [0.717, 1.165) is 37.5 Å². The Morgan fingerprint density at radius 1 is 1.52 bits per heavy atom. The second-order valence-corrected chi connectivity index (χ2v) is 7.97. The van der Waals surface area contributed by atoms with Gasteiger partial charge in [-0.2, -0.15) is 0 Å². The molecule has 6 heteroatoms. The Labute approximate surface area is 129 Å². The number of carbonyl (C=O) groups is 1. The molecule has 1 unspecified atom stereocenters. The fraction of sp³-hybridized carbons (Fsp3) is 0.733. The number of nitrogens with zero attached hydrogens (tertiary/aromatic N) is 2. The molecule has 5 nitrogen and oxygen atoms in total. The molecule has 0 spiro atoms. The van der Waals surface area contributed by atoms with E-state index < -0.39 is 0 Å². The van der Waals surface area contributed by atoms with Crippen molar-refractivity contribution >= 4 is 22.4 Å². The van der Waals surface area contributed by atoms with Crippen LogP contribution < -0.4 is 11.1 Å². The molecule has 2 heterocycles. The summed E-state index contributed by atoms with van der Waals surface area (Å²) in [5, 5.41) is 3.71. The van der Waals surface area contributed by atoms with Crippen molar-refractivity contribution in [2.24, 2.45) is 11.1 Å². The van der Waals surface area contributed by atoms with Gasteiger partial charge < -0.3 is 11.1 Å². The van der Waals surface area contributed by atoms with Crippen LogP contribution in [-0.4, -0.2) is 41.5 Å². The number of anilines is 1. The minimum absolute atomic E-state index is 0.0358. The van der Waals surface area contributed by atoms with Gasteiger partial charge in [-0.15, -0.1) is 11.3 Å². The van der Waals surface area contributed by atoms with Gasteiger partial charge in [0.05, 0.1) is 12.2 Å². The number of nitrogens with two attached hydrogens (primary N) is 1. The van der Waals surface area contributed by atoms with Crippen molar-refractivity contribution in [3.63, 3.8) is 0 Å². The second-order valence-electron chi connectivity index (χ2n) is 6.89. The zero-order valence-electron chi connectivity index (χ0n) is 12.8. The van der Waals surface area contributed by atoms with Crippen molar-refractivity contribution in [2.75, 3.05) is 25.0 Å². The summed E-state index contributed by atoms with van der Waals surface area (Å²) in [4.78, 5) is 20.2. The summed E-state index contributed by atoms with van der Waals surface area (Å²) in [5.74, 6) is 0.0358. The number of amides is 1. The SMILES string of the molecule is CC1(C)CN(CC(=O)Nc2nc3c(s2)CCC3)CCC1N. The number of aromatic nitrogens is 1. The van der Waals surface area contributed by atoms with Crippen LogP contribution in [0.25, 0.3) is 0 Å². The number of fused-ring (bicyclic) bond motifs is 1. The Morgan fingerprint density at radius 2 is 2.33 bits per heavy atom. The summed E-state index contributed by atoms with van der Waals surface area (Å²) in [5.41, 5.74) is 7.39. The molecule has 0 saturated carbocycles. The highest BCUT2D eigenvalue weighted by molar-refractivity contribution is 7.15. The molecule has 1 atom stereocenters. The molecule has 1 aliphatic heterocycles. The van der Waals surface area contributed by atoms with Gasteiger partial charge in [-0.3, -0.25) is 9.69 Å². The second kappa shape index (κ2) is 5.66. The molecule has 1 aromatic heterocycles. The van der Waals surface area contributed by atoms with Gasteiger partial charge in [0.15, 0.2) is 5.13 Å². The first-order chi connectivity index (χ1) is 9.94. The van der Waals surface area contributed by atoms with E-state index >= 15 is 0 Å². The fourth-order valence-corrected chi connectivity index (χ4v) is 4.29. The topological polar surface area (TPSA) is 71.2 Å². The van der Waals surface area contributed by atoms with E-state index in [2.05, 4.69) is 29.0 Å². The van der Waals surface area contributed by atoms with Crippen LogP contribution >= 0.6 is 11.3 Å². The van der Waals surface area contributed by atoms with E-state index in [0.29, 0.717) is 6.54 Å². The Hall–Kier alpha value is -0.980. The first-order valence-electron chi connectivity index (χ1n) is 7.70. The number of rotatable bonds is 3. The summed E-state index contributed by atoms with van der Waals surface area (Å²) >= 11 is 1.63. The number of carbonyl (C=O) groups excluding carboxylic acids is 1. The maximum absolute atomic E-state index is 12.2. The van der Waals surface area contributed by atoms with E-state index in [-0.39, 0.29) is 17.4 Å². The normalized spacial score (nSPS) is 24.8. The third kappa shape index (κ3) is 3.27. The van der Waals surface area contributed by atoms with Crippen LogP contribution in [0.4, 0.5) is 5.13 Å². The summed E-state index contributed by atoms with van der Waals surface area (Å²) in [6.45, 7) is 6.54. The van der Waals surface area contributed by atoms with Gasteiger partial charge in [0.1, 0.15) is 0 Å². The summed E-state index contributed by atoms with van der Waals surface area (Å²) in [7, 11) is 0. The molecule has 3 rings (SSSR count). The Kier molecular flexibility index (Phi) is 4.03. The maximum atomic E-state index is 12.2. The molecular weight excluding hydrogens is 284 g/mol. The van der Waals surface area contributed by atoms with Gasteiger partial charge >= 0.3 is 0 Å². The van der Waals surface area contributed by atoms with Gasteiger partial charge in [-0.05, 0) is 31.1 Å². The number of aryl methyl sites for hydroxylation is 2. The van der Waals surface area contributed by atoms with Crippen LogP contribution in [0.2, 0.25) is 0 Å². The van der Waals surface area contributed by atoms with E-state index in [4.69, 9.17) is 5.73 Å². The Morgan fingerprint density at radius 3 is 3.05 bits per heavy atom. The molecule has 116 valence electrons. The quantitative estimate of drug-likeness (QED) is 0.890. The lowest BCUT2D eigenvalue weighted by Gasteiger charge is -2.42. The van der Waals surface area contributed by atoms with Crippen molar-refractivity contribution in [3.8, 4) is 0 Å². The highest BCUT2D eigenvalue weighted by Crippen LogP contribution is 2.30. The first-order valence-corrected chi connectivity index (χ1v) is 8.52. The van der Waals surface area contributed by atoms with Crippen molar-refractivity contribution in [1.29, 1.82) is 0 Å².